The number of hydrogen-bond donors (Lipinski definition) is 0. The van der Waals surface area contributed by atoms with E-state index in [9.17, 15) is 4.79 Å². The molecule has 0 N–H and O–H groups in total. The van der Waals surface area contributed by atoms with E-state index in [-0.39, 0.29) is 5.91 Å². The standard InChI is InChI=1S/C13H15NO2S3/c1-3-9-4-5-10(18-9)8-11-12(15)14(6-7-16-2)13(17)19-11/h4-5,8H,3,6-7H2,1-2H3/b11-8+. The monoisotopic (exact) mass is 313 g/mol. The third kappa shape index (κ3) is 3.45. The second kappa shape index (κ2) is 6.65. The summed E-state index contributed by atoms with van der Waals surface area (Å²) in [5, 5.41) is 0. The maximum atomic E-state index is 12.2. The van der Waals surface area contributed by atoms with Gasteiger partial charge in [-0.3, -0.25) is 9.69 Å². The van der Waals surface area contributed by atoms with E-state index in [1.54, 1.807) is 23.3 Å². The number of nitrogens with zero attached hydrogens (tertiary/aromatic N) is 1. The molecule has 19 heavy (non-hydrogen) atoms. The molecule has 0 spiro atoms. The largest absolute Gasteiger partial charge is 0.383 e. The highest BCUT2D eigenvalue weighted by molar-refractivity contribution is 8.26. The van der Waals surface area contributed by atoms with Crippen molar-refractivity contribution in [3.05, 3.63) is 26.8 Å². The Balaban J connectivity index is 2.13. The SMILES string of the molecule is CCc1ccc(/C=C2/SC(=S)N(CCOC)C2=O)s1. The summed E-state index contributed by atoms with van der Waals surface area (Å²) in [7, 11) is 1.62. The van der Waals surface area contributed by atoms with Crippen LogP contribution in [0, 0.1) is 0 Å². The number of amides is 1. The van der Waals surface area contributed by atoms with E-state index >= 15 is 0 Å². The van der Waals surface area contributed by atoms with Crippen LogP contribution in [-0.2, 0) is 16.0 Å². The summed E-state index contributed by atoms with van der Waals surface area (Å²) in [4.78, 5) is 16.9. The van der Waals surface area contributed by atoms with Crippen LogP contribution < -0.4 is 0 Å². The number of thioether (sulfide) groups is 1. The van der Waals surface area contributed by atoms with E-state index in [4.69, 9.17) is 17.0 Å². The zero-order valence-electron chi connectivity index (χ0n) is 10.8. The average Bonchev–Trinajstić information content (AvgIpc) is 2.95. The Kier molecular flexibility index (Phi) is 5.15. The summed E-state index contributed by atoms with van der Waals surface area (Å²) in [5.41, 5.74) is 0. The van der Waals surface area contributed by atoms with Crippen molar-refractivity contribution in [3.63, 3.8) is 0 Å². The lowest BCUT2D eigenvalue weighted by atomic mass is 10.3. The van der Waals surface area contributed by atoms with Gasteiger partial charge in [-0.2, -0.15) is 0 Å². The Morgan fingerprint density at radius 1 is 1.47 bits per heavy atom. The highest BCUT2D eigenvalue weighted by Gasteiger charge is 2.31. The first-order chi connectivity index (χ1) is 9.15. The van der Waals surface area contributed by atoms with Crippen molar-refractivity contribution in [2.45, 2.75) is 13.3 Å². The van der Waals surface area contributed by atoms with Crippen LogP contribution in [0.15, 0.2) is 17.0 Å². The minimum absolute atomic E-state index is 0.0153. The van der Waals surface area contributed by atoms with Crippen molar-refractivity contribution in [3.8, 4) is 0 Å². The molecule has 0 unspecified atom stereocenters. The van der Waals surface area contributed by atoms with Crippen molar-refractivity contribution in [2.24, 2.45) is 0 Å². The summed E-state index contributed by atoms with van der Waals surface area (Å²) < 4.78 is 5.60. The van der Waals surface area contributed by atoms with Crippen LogP contribution in [0.2, 0.25) is 0 Å². The van der Waals surface area contributed by atoms with Crippen LogP contribution in [0.25, 0.3) is 6.08 Å². The molecule has 1 amide bonds. The summed E-state index contributed by atoms with van der Waals surface area (Å²) in [6, 6.07) is 4.15. The number of ether oxygens (including phenoxy) is 1. The van der Waals surface area contributed by atoms with Crippen LogP contribution in [0.1, 0.15) is 16.7 Å². The van der Waals surface area contributed by atoms with Gasteiger partial charge in [-0.1, -0.05) is 30.9 Å². The molecular weight excluding hydrogens is 298 g/mol. The van der Waals surface area contributed by atoms with Gasteiger partial charge < -0.3 is 4.74 Å². The van der Waals surface area contributed by atoms with Crippen LogP contribution in [0.5, 0.6) is 0 Å². The van der Waals surface area contributed by atoms with Gasteiger partial charge in [-0.25, -0.2) is 0 Å². The van der Waals surface area contributed by atoms with E-state index in [1.165, 1.54) is 16.6 Å². The molecule has 1 aliphatic heterocycles. The summed E-state index contributed by atoms with van der Waals surface area (Å²) in [5.74, 6) is -0.0153. The molecule has 1 aromatic rings. The number of hydrogen-bond acceptors (Lipinski definition) is 5. The number of rotatable bonds is 5. The van der Waals surface area contributed by atoms with Gasteiger partial charge in [-0.05, 0) is 24.6 Å². The van der Waals surface area contributed by atoms with Crippen molar-refractivity contribution in [1.82, 2.24) is 4.90 Å². The van der Waals surface area contributed by atoms with Crippen LogP contribution in [0.4, 0.5) is 0 Å². The predicted molar refractivity (Wildman–Crippen MR) is 85.5 cm³/mol. The van der Waals surface area contributed by atoms with Crippen molar-refractivity contribution in [1.29, 1.82) is 0 Å². The molecule has 2 rings (SSSR count). The molecule has 2 heterocycles. The maximum Gasteiger partial charge on any atom is 0.266 e. The van der Waals surface area contributed by atoms with Crippen LogP contribution >= 0.6 is 35.3 Å². The molecule has 0 aromatic carbocycles. The maximum absolute atomic E-state index is 12.2. The fraction of sp³-hybridized carbons (Fsp3) is 0.385. The summed E-state index contributed by atoms with van der Waals surface area (Å²) >= 11 is 8.30. The molecule has 6 heteroatoms. The van der Waals surface area contributed by atoms with E-state index < -0.39 is 0 Å². The van der Waals surface area contributed by atoms with E-state index in [1.807, 2.05) is 12.1 Å². The van der Waals surface area contributed by atoms with Gasteiger partial charge in [0.15, 0.2) is 0 Å². The second-order valence-electron chi connectivity index (χ2n) is 3.98. The molecule has 0 bridgehead atoms. The fourth-order valence-electron chi connectivity index (χ4n) is 1.67. The molecule has 1 aromatic heterocycles. The first-order valence-corrected chi connectivity index (χ1v) is 8.03. The zero-order valence-corrected chi connectivity index (χ0v) is 13.3. The third-order valence-corrected chi connectivity index (χ3v) is 5.25. The van der Waals surface area contributed by atoms with Gasteiger partial charge in [0.2, 0.25) is 0 Å². The topological polar surface area (TPSA) is 29.5 Å². The highest BCUT2D eigenvalue weighted by atomic mass is 32.2. The molecule has 3 nitrogen and oxygen atoms in total. The van der Waals surface area contributed by atoms with Gasteiger partial charge in [0.25, 0.3) is 5.91 Å². The Labute approximate surface area is 126 Å². The molecule has 0 radical (unpaired) electrons. The average molecular weight is 313 g/mol. The van der Waals surface area contributed by atoms with Crippen LogP contribution in [0.3, 0.4) is 0 Å². The van der Waals surface area contributed by atoms with E-state index in [0.717, 1.165) is 11.3 Å². The number of carbonyl (C=O) groups excluding carboxylic acids is 1. The molecule has 0 aliphatic carbocycles. The number of aryl methyl sites for hydroxylation is 1. The van der Waals surface area contributed by atoms with Crippen molar-refractivity contribution < 1.29 is 9.53 Å². The van der Waals surface area contributed by atoms with E-state index in [0.29, 0.717) is 22.4 Å². The van der Waals surface area contributed by atoms with Gasteiger partial charge in [0.1, 0.15) is 4.32 Å². The lowest BCUT2D eigenvalue weighted by molar-refractivity contribution is -0.122. The minimum Gasteiger partial charge on any atom is -0.383 e. The lowest BCUT2D eigenvalue weighted by Gasteiger charge is -2.12. The zero-order chi connectivity index (χ0) is 13.8. The molecule has 0 saturated carbocycles. The first kappa shape index (κ1) is 14.7. The molecule has 1 fully saturated rings. The smallest absolute Gasteiger partial charge is 0.266 e. The number of thiophene rings is 1. The number of methoxy groups -OCH3 is 1. The molecule has 102 valence electrons. The molecule has 1 saturated heterocycles. The van der Waals surface area contributed by atoms with E-state index in [2.05, 4.69) is 13.0 Å². The van der Waals surface area contributed by atoms with Gasteiger partial charge in [0.05, 0.1) is 18.1 Å². The summed E-state index contributed by atoms with van der Waals surface area (Å²) in [6.07, 6.45) is 2.95. The molecule has 1 aliphatic rings. The third-order valence-electron chi connectivity index (χ3n) is 2.70. The van der Waals surface area contributed by atoms with Gasteiger partial charge >= 0.3 is 0 Å². The predicted octanol–water partition coefficient (Wildman–Crippen LogP) is 3.16. The molecule has 0 atom stereocenters. The first-order valence-electron chi connectivity index (χ1n) is 5.98. The van der Waals surface area contributed by atoms with Crippen molar-refractivity contribution >= 4 is 51.6 Å². The van der Waals surface area contributed by atoms with Crippen LogP contribution in [-0.4, -0.2) is 35.4 Å². The lowest BCUT2D eigenvalue weighted by Crippen LogP contribution is -2.31. The second-order valence-corrected chi connectivity index (χ2v) is 6.86. The minimum atomic E-state index is -0.0153. The Morgan fingerprint density at radius 3 is 2.89 bits per heavy atom. The Bertz CT molecular complexity index is 522. The fourth-order valence-corrected chi connectivity index (χ4v) is 3.94. The quantitative estimate of drug-likeness (QED) is 0.617. The highest BCUT2D eigenvalue weighted by Crippen LogP contribution is 2.33. The summed E-state index contributed by atoms with van der Waals surface area (Å²) in [6.45, 7) is 3.14. The number of carbonyl (C=O) groups is 1. The van der Waals surface area contributed by atoms with Crippen molar-refractivity contribution in [2.75, 3.05) is 20.3 Å². The van der Waals surface area contributed by atoms with Gasteiger partial charge in [0, 0.05) is 16.9 Å². The molecular formula is C13H15NO2S3. The normalized spacial score (nSPS) is 17.8. The Morgan fingerprint density at radius 2 is 2.26 bits per heavy atom. The van der Waals surface area contributed by atoms with Gasteiger partial charge in [-0.15, -0.1) is 11.3 Å². The number of thiocarbonyl (C=S) groups is 1. The Hall–Kier alpha value is -0.690.